The normalized spacial score (nSPS) is 18.3. The highest BCUT2D eigenvalue weighted by atomic mass is 32.2. The average molecular weight is 649 g/mol. The average Bonchev–Trinajstić information content (AvgIpc) is 3.36. The summed E-state index contributed by atoms with van der Waals surface area (Å²) in [6, 6.07) is 0.0891. The molecular formula is C24H24N8O10S2. The Morgan fingerprint density at radius 2 is 2.00 bits per heavy atom. The Labute approximate surface area is 255 Å². The number of anilines is 1. The lowest BCUT2D eigenvalue weighted by Gasteiger charge is -2.50. The monoisotopic (exact) mass is 648 g/mol. The van der Waals surface area contributed by atoms with Crippen LogP contribution in [-0.2, 0) is 41.8 Å². The van der Waals surface area contributed by atoms with E-state index in [0.29, 0.717) is 0 Å². The molecule has 18 nitrogen and oxygen atoms in total. The molecule has 3 amide bonds. The zero-order valence-electron chi connectivity index (χ0n) is 22.9. The van der Waals surface area contributed by atoms with Crippen molar-refractivity contribution in [1.29, 1.82) is 0 Å². The summed E-state index contributed by atoms with van der Waals surface area (Å²) < 4.78 is 5.33. The number of amides is 3. The number of carbonyl (C=O) groups excluding carboxylic acids is 4. The molecule has 0 radical (unpaired) electrons. The van der Waals surface area contributed by atoms with Crippen molar-refractivity contribution in [2.24, 2.45) is 10.9 Å². The quantitative estimate of drug-likeness (QED) is 0.0657. The van der Waals surface area contributed by atoms with Crippen LogP contribution >= 0.6 is 23.3 Å². The second-order valence-electron chi connectivity index (χ2n) is 9.89. The van der Waals surface area contributed by atoms with Crippen molar-refractivity contribution in [3.05, 3.63) is 46.7 Å². The fraction of sp³-hybridized carbons (Fsp3) is 0.333. The Morgan fingerprint density at radius 3 is 2.57 bits per heavy atom. The Hall–Kier alpha value is -5.11. The minimum atomic E-state index is -1.84. The first-order valence-corrected chi connectivity index (χ1v) is 14.2. The van der Waals surface area contributed by atoms with Crippen LogP contribution in [0.1, 0.15) is 35.6 Å². The number of carbonyl (C=O) groups is 6. The largest absolute Gasteiger partial charge is 0.543 e. The molecule has 0 unspecified atom stereocenters. The van der Waals surface area contributed by atoms with Gasteiger partial charge in [-0.3, -0.25) is 24.1 Å². The fourth-order valence-corrected chi connectivity index (χ4v) is 5.94. The summed E-state index contributed by atoms with van der Waals surface area (Å²) in [6.07, 6.45) is 2.25. The number of pyridine rings is 1. The summed E-state index contributed by atoms with van der Waals surface area (Å²) >= 11 is 1.86. The molecule has 0 bridgehead atoms. The number of primary amides is 1. The van der Waals surface area contributed by atoms with Crippen LogP contribution < -0.4 is 26.5 Å². The molecule has 2 aliphatic heterocycles. The second kappa shape index (κ2) is 12.2. The molecule has 4 heterocycles. The van der Waals surface area contributed by atoms with E-state index in [1.165, 1.54) is 36.9 Å². The number of oxime groups is 1. The Kier molecular flexibility index (Phi) is 8.86. The van der Waals surface area contributed by atoms with Gasteiger partial charge in [0.15, 0.2) is 24.1 Å². The van der Waals surface area contributed by atoms with Crippen LogP contribution in [0, 0.1) is 0 Å². The van der Waals surface area contributed by atoms with E-state index in [1.807, 2.05) is 0 Å². The number of aliphatic carboxylic acids is 3. The summed E-state index contributed by atoms with van der Waals surface area (Å²) in [5, 5.41) is 35.8. The van der Waals surface area contributed by atoms with Crippen molar-refractivity contribution in [1.82, 2.24) is 19.6 Å². The lowest BCUT2D eigenvalue weighted by Crippen LogP contribution is -2.71. The van der Waals surface area contributed by atoms with Gasteiger partial charge in [-0.25, -0.2) is 9.36 Å². The van der Waals surface area contributed by atoms with E-state index >= 15 is 0 Å². The van der Waals surface area contributed by atoms with E-state index in [9.17, 15) is 44.1 Å². The minimum absolute atomic E-state index is 0.0114. The van der Waals surface area contributed by atoms with Crippen LogP contribution in [-0.4, -0.2) is 88.6 Å². The van der Waals surface area contributed by atoms with Crippen LogP contribution in [0.25, 0.3) is 0 Å². The number of carboxylic acid groups (broad SMARTS) is 3. The zero-order valence-corrected chi connectivity index (χ0v) is 24.5. The number of nitrogens with one attached hydrogen (secondary N) is 1. The number of rotatable bonds is 12. The first-order chi connectivity index (χ1) is 20.6. The predicted molar refractivity (Wildman–Crippen MR) is 147 cm³/mol. The second-order valence-corrected chi connectivity index (χ2v) is 11.8. The Balaban J connectivity index is 1.57. The molecule has 0 aromatic carbocycles. The van der Waals surface area contributed by atoms with Gasteiger partial charge in [-0.05, 0) is 13.8 Å². The van der Waals surface area contributed by atoms with Crippen LogP contribution in [0.5, 0.6) is 0 Å². The topological polar surface area (TPSA) is 284 Å². The first kappa shape index (κ1) is 31.8. The molecule has 2 aromatic rings. The van der Waals surface area contributed by atoms with Crippen molar-refractivity contribution in [3.63, 3.8) is 0 Å². The van der Waals surface area contributed by atoms with Crippen molar-refractivity contribution < 1.29 is 53.5 Å². The van der Waals surface area contributed by atoms with Gasteiger partial charge in [0.2, 0.25) is 23.0 Å². The molecule has 0 saturated carbocycles. The minimum Gasteiger partial charge on any atom is -0.543 e. The van der Waals surface area contributed by atoms with Gasteiger partial charge in [0.25, 0.3) is 11.8 Å². The van der Waals surface area contributed by atoms with Crippen LogP contribution in [0.4, 0.5) is 5.13 Å². The number of nitrogen functional groups attached to an aromatic ring is 1. The maximum absolute atomic E-state index is 13.2. The van der Waals surface area contributed by atoms with E-state index in [-0.39, 0.29) is 40.0 Å². The van der Waals surface area contributed by atoms with E-state index in [0.717, 1.165) is 28.2 Å². The van der Waals surface area contributed by atoms with E-state index in [2.05, 4.69) is 19.8 Å². The van der Waals surface area contributed by atoms with Gasteiger partial charge in [0.1, 0.15) is 11.4 Å². The zero-order chi connectivity index (χ0) is 32.5. The van der Waals surface area contributed by atoms with Crippen molar-refractivity contribution in [2.45, 2.75) is 43.8 Å². The summed E-state index contributed by atoms with van der Waals surface area (Å²) in [5.41, 5.74) is 8.44. The third-order valence-corrected chi connectivity index (χ3v) is 8.24. The third-order valence-electron chi connectivity index (χ3n) is 6.36. The summed E-state index contributed by atoms with van der Waals surface area (Å²) in [6.45, 7) is 2.28. The molecule has 2 atom stereocenters. The predicted octanol–water partition coefficient (Wildman–Crippen LogP) is -3.18. The van der Waals surface area contributed by atoms with Crippen molar-refractivity contribution in [2.75, 3.05) is 11.5 Å². The van der Waals surface area contributed by atoms with Crippen molar-refractivity contribution in [3.8, 4) is 0 Å². The van der Waals surface area contributed by atoms with Gasteiger partial charge < -0.3 is 41.7 Å². The van der Waals surface area contributed by atoms with Gasteiger partial charge in [-0.15, -0.1) is 11.8 Å². The molecule has 232 valence electrons. The number of fused-ring (bicyclic) bond motifs is 1. The number of hydrogen-bond donors (Lipinski definition) is 5. The number of hydrogen-bond acceptors (Lipinski definition) is 14. The van der Waals surface area contributed by atoms with Crippen LogP contribution in [0.2, 0.25) is 0 Å². The molecule has 1 fully saturated rings. The van der Waals surface area contributed by atoms with E-state index in [4.69, 9.17) is 16.3 Å². The van der Waals surface area contributed by atoms with Crippen LogP contribution in [0.15, 0.2) is 34.9 Å². The molecule has 0 aliphatic carbocycles. The van der Waals surface area contributed by atoms with Crippen LogP contribution in [0.3, 0.4) is 0 Å². The number of carboxylic acids is 3. The highest BCUT2D eigenvalue weighted by molar-refractivity contribution is 8.00. The molecule has 7 N–H and O–H groups in total. The summed E-state index contributed by atoms with van der Waals surface area (Å²) in [5.74, 6) is -7.10. The lowest BCUT2D eigenvalue weighted by molar-refractivity contribution is -0.689. The summed E-state index contributed by atoms with van der Waals surface area (Å²) in [7, 11) is 0. The lowest BCUT2D eigenvalue weighted by atomic mass is 10.0. The van der Waals surface area contributed by atoms with Crippen molar-refractivity contribution >= 4 is 69.8 Å². The highest BCUT2D eigenvalue weighted by Crippen LogP contribution is 2.40. The molecule has 20 heteroatoms. The molecule has 2 aliphatic rings. The number of nitrogens with zero attached hydrogens (tertiary/aromatic N) is 5. The summed E-state index contributed by atoms with van der Waals surface area (Å²) in [4.78, 5) is 82.8. The standard InChI is InChI=1S/C24H24N8O10S2/c1-24(2,22(40)41)42-29-13(17-28-23(26)44-30-17)18(36)27-14-19(37)32-15(21(38)39)10(8-43-20(14)32)7-31-4-3-11(16(25)35)9(6-31)5-12(33)34/h3-4,6,14,20H,5,7-8H2,1-2H3,(H7-,25,26,27,28,30,33,34,35,36,38,39,40,41)/b29-13-/t14-,20-/m1/s1. The number of nitrogens with two attached hydrogens (primary N) is 2. The molecular weight excluding hydrogens is 624 g/mol. The highest BCUT2D eigenvalue weighted by Gasteiger charge is 2.53. The number of thioether (sulfide) groups is 1. The smallest absolute Gasteiger partial charge is 0.350 e. The third kappa shape index (κ3) is 6.44. The molecule has 1 saturated heterocycles. The van der Waals surface area contributed by atoms with Gasteiger partial charge in [-0.1, -0.05) is 5.16 Å². The fourth-order valence-electron chi connectivity index (χ4n) is 4.17. The maximum Gasteiger partial charge on any atom is 0.350 e. The number of aromatic nitrogens is 3. The Bertz CT molecular complexity index is 1650. The molecule has 4 rings (SSSR count). The molecule has 0 spiro atoms. The number of β-lactam (4-membered cyclic amide) rings is 1. The van der Waals surface area contributed by atoms with E-state index < -0.39 is 70.5 Å². The van der Waals surface area contributed by atoms with Gasteiger partial charge in [-0.2, -0.15) is 9.36 Å². The van der Waals surface area contributed by atoms with Gasteiger partial charge >= 0.3 is 11.9 Å². The van der Waals surface area contributed by atoms with Gasteiger partial charge in [0.05, 0.1) is 23.7 Å². The first-order valence-electron chi connectivity index (χ1n) is 12.4. The maximum atomic E-state index is 13.2. The SMILES string of the molecule is CC(C)(O/N=C(\C(=O)N[C@@H]1C(=O)N2C(C(=O)[O-])=C(C[n+]3ccc(C(N)=O)c(CC(=O)O)c3)CS[C@H]12)c1nsc(N)n1)C(=O)O. The van der Waals surface area contributed by atoms with E-state index in [1.54, 1.807) is 0 Å². The molecule has 44 heavy (non-hydrogen) atoms. The van der Waals surface area contributed by atoms with Gasteiger partial charge in [0, 0.05) is 34.5 Å². The Morgan fingerprint density at radius 1 is 1.30 bits per heavy atom. The molecule has 2 aromatic heterocycles.